The molecule has 2 nitrogen and oxygen atoms in total. The first kappa shape index (κ1) is 12.4. The first-order chi connectivity index (χ1) is 8.19. The van der Waals surface area contributed by atoms with E-state index < -0.39 is 0 Å². The summed E-state index contributed by atoms with van der Waals surface area (Å²) < 4.78 is 18.4. The molecule has 0 amide bonds. The van der Waals surface area contributed by atoms with E-state index in [1.54, 1.807) is 6.07 Å². The van der Waals surface area contributed by atoms with Gasteiger partial charge in [0.2, 0.25) is 0 Å². The Morgan fingerprint density at radius 3 is 2.76 bits per heavy atom. The summed E-state index contributed by atoms with van der Waals surface area (Å²) in [4.78, 5) is 0. The van der Waals surface area contributed by atoms with Gasteiger partial charge in [0.25, 0.3) is 0 Å². The molecular weight excluding hydrogens is 217 g/mol. The van der Waals surface area contributed by atoms with Gasteiger partial charge in [0, 0.05) is 6.04 Å². The molecule has 0 heterocycles. The SMILES string of the molecule is COc1ccc(CC(N)CC2CCC2)cc1F. The van der Waals surface area contributed by atoms with Crippen LogP contribution in [0, 0.1) is 11.7 Å². The maximum absolute atomic E-state index is 13.5. The molecule has 1 fully saturated rings. The molecule has 1 unspecified atom stereocenters. The van der Waals surface area contributed by atoms with Crippen LogP contribution >= 0.6 is 0 Å². The van der Waals surface area contributed by atoms with Crippen LogP contribution in [0.2, 0.25) is 0 Å². The van der Waals surface area contributed by atoms with Crippen molar-refractivity contribution in [1.82, 2.24) is 0 Å². The van der Waals surface area contributed by atoms with Gasteiger partial charge in [-0.05, 0) is 36.5 Å². The van der Waals surface area contributed by atoms with Crippen molar-refractivity contribution in [3.63, 3.8) is 0 Å². The minimum absolute atomic E-state index is 0.146. The normalized spacial score (nSPS) is 17.6. The van der Waals surface area contributed by atoms with Crippen molar-refractivity contribution < 1.29 is 9.13 Å². The van der Waals surface area contributed by atoms with E-state index >= 15 is 0 Å². The van der Waals surface area contributed by atoms with Crippen LogP contribution < -0.4 is 10.5 Å². The molecule has 1 aliphatic carbocycles. The van der Waals surface area contributed by atoms with E-state index in [2.05, 4.69) is 0 Å². The van der Waals surface area contributed by atoms with Crippen LogP contribution in [-0.4, -0.2) is 13.2 Å². The average Bonchev–Trinajstić information content (AvgIpc) is 2.24. The van der Waals surface area contributed by atoms with E-state index in [-0.39, 0.29) is 11.9 Å². The van der Waals surface area contributed by atoms with Crippen LogP contribution in [0.3, 0.4) is 0 Å². The van der Waals surface area contributed by atoms with E-state index in [4.69, 9.17) is 10.5 Å². The molecule has 1 aromatic carbocycles. The summed E-state index contributed by atoms with van der Waals surface area (Å²) in [5.74, 6) is 0.787. The summed E-state index contributed by atoms with van der Waals surface area (Å²) in [5.41, 5.74) is 7.04. The Balaban J connectivity index is 1.90. The Bertz CT molecular complexity index is 376. The first-order valence-corrected chi connectivity index (χ1v) is 6.27. The molecule has 17 heavy (non-hydrogen) atoms. The zero-order valence-electron chi connectivity index (χ0n) is 10.3. The molecule has 1 aromatic rings. The smallest absolute Gasteiger partial charge is 0.165 e. The molecule has 0 spiro atoms. The molecule has 0 radical (unpaired) electrons. The first-order valence-electron chi connectivity index (χ1n) is 6.27. The van der Waals surface area contributed by atoms with Crippen molar-refractivity contribution in [2.45, 2.75) is 38.1 Å². The lowest BCUT2D eigenvalue weighted by Gasteiger charge is -2.28. The molecule has 0 bridgehead atoms. The fourth-order valence-corrected chi connectivity index (χ4v) is 2.38. The third-order valence-electron chi connectivity index (χ3n) is 3.57. The van der Waals surface area contributed by atoms with E-state index in [0.29, 0.717) is 5.75 Å². The van der Waals surface area contributed by atoms with Gasteiger partial charge in [0.15, 0.2) is 11.6 Å². The summed E-state index contributed by atoms with van der Waals surface area (Å²) in [6.45, 7) is 0. The second kappa shape index (κ2) is 5.50. The highest BCUT2D eigenvalue weighted by molar-refractivity contribution is 5.29. The predicted octanol–water partition coefficient (Wildman–Crippen LogP) is 2.89. The number of halogens is 1. The Morgan fingerprint density at radius 2 is 2.24 bits per heavy atom. The molecule has 1 saturated carbocycles. The molecule has 0 aromatic heterocycles. The molecule has 0 saturated heterocycles. The van der Waals surface area contributed by atoms with Crippen molar-refractivity contribution in [2.24, 2.45) is 11.7 Å². The van der Waals surface area contributed by atoms with Crippen molar-refractivity contribution in [2.75, 3.05) is 7.11 Å². The quantitative estimate of drug-likeness (QED) is 0.854. The second-order valence-electron chi connectivity index (χ2n) is 4.97. The highest BCUT2D eigenvalue weighted by atomic mass is 19.1. The number of benzene rings is 1. The Hall–Kier alpha value is -1.09. The summed E-state index contributed by atoms with van der Waals surface area (Å²) in [5, 5.41) is 0. The van der Waals surface area contributed by atoms with Gasteiger partial charge < -0.3 is 10.5 Å². The molecule has 0 aliphatic heterocycles. The fourth-order valence-electron chi connectivity index (χ4n) is 2.38. The van der Waals surface area contributed by atoms with Crippen LogP contribution in [0.4, 0.5) is 4.39 Å². The predicted molar refractivity (Wildman–Crippen MR) is 66.6 cm³/mol. The van der Waals surface area contributed by atoms with Gasteiger partial charge in [-0.3, -0.25) is 0 Å². The Kier molecular flexibility index (Phi) is 4.00. The second-order valence-corrected chi connectivity index (χ2v) is 4.97. The number of nitrogens with two attached hydrogens (primary N) is 1. The van der Waals surface area contributed by atoms with E-state index in [1.807, 2.05) is 6.07 Å². The maximum Gasteiger partial charge on any atom is 0.165 e. The van der Waals surface area contributed by atoms with Crippen LogP contribution in [0.25, 0.3) is 0 Å². The third kappa shape index (κ3) is 3.19. The number of hydrogen-bond donors (Lipinski definition) is 1. The highest BCUT2D eigenvalue weighted by Crippen LogP contribution is 2.30. The van der Waals surface area contributed by atoms with Gasteiger partial charge in [-0.2, -0.15) is 0 Å². The summed E-state index contributed by atoms with van der Waals surface area (Å²) in [6.07, 6.45) is 5.77. The third-order valence-corrected chi connectivity index (χ3v) is 3.57. The monoisotopic (exact) mass is 237 g/mol. The van der Waals surface area contributed by atoms with E-state index in [9.17, 15) is 4.39 Å². The topological polar surface area (TPSA) is 35.2 Å². The minimum Gasteiger partial charge on any atom is -0.494 e. The Labute approximate surface area is 102 Å². The van der Waals surface area contributed by atoms with Crippen molar-refractivity contribution in [3.8, 4) is 5.75 Å². The number of methoxy groups -OCH3 is 1. The fraction of sp³-hybridized carbons (Fsp3) is 0.571. The summed E-state index contributed by atoms with van der Waals surface area (Å²) in [7, 11) is 1.47. The molecule has 1 atom stereocenters. The number of hydrogen-bond acceptors (Lipinski definition) is 2. The van der Waals surface area contributed by atoms with Crippen molar-refractivity contribution in [1.29, 1.82) is 0 Å². The van der Waals surface area contributed by atoms with Gasteiger partial charge >= 0.3 is 0 Å². The highest BCUT2D eigenvalue weighted by Gasteiger charge is 2.20. The lowest BCUT2D eigenvalue weighted by atomic mass is 9.80. The maximum atomic E-state index is 13.5. The molecule has 2 N–H and O–H groups in total. The van der Waals surface area contributed by atoms with Gasteiger partial charge in [0.05, 0.1) is 7.11 Å². The average molecular weight is 237 g/mol. The van der Waals surface area contributed by atoms with Crippen LogP contribution in [-0.2, 0) is 6.42 Å². The van der Waals surface area contributed by atoms with Gasteiger partial charge in [-0.15, -0.1) is 0 Å². The minimum atomic E-state index is -0.305. The van der Waals surface area contributed by atoms with Crippen molar-refractivity contribution in [3.05, 3.63) is 29.6 Å². The van der Waals surface area contributed by atoms with Crippen LogP contribution in [0.1, 0.15) is 31.2 Å². The zero-order valence-corrected chi connectivity index (χ0v) is 10.3. The molecule has 1 aliphatic rings. The van der Waals surface area contributed by atoms with Gasteiger partial charge in [-0.25, -0.2) is 4.39 Å². The summed E-state index contributed by atoms with van der Waals surface area (Å²) in [6, 6.07) is 5.23. The van der Waals surface area contributed by atoms with Crippen LogP contribution in [0.5, 0.6) is 5.75 Å². The zero-order chi connectivity index (χ0) is 12.3. The lowest BCUT2D eigenvalue weighted by molar-refractivity contribution is 0.275. The molecular formula is C14H20FNO. The van der Waals surface area contributed by atoms with Crippen LogP contribution in [0.15, 0.2) is 18.2 Å². The standard InChI is InChI=1S/C14H20FNO/c1-17-14-6-5-11(9-13(14)15)8-12(16)7-10-3-2-4-10/h5-6,9-10,12H,2-4,7-8,16H2,1H3. The van der Waals surface area contributed by atoms with Gasteiger partial charge in [-0.1, -0.05) is 25.3 Å². The Morgan fingerprint density at radius 1 is 1.47 bits per heavy atom. The van der Waals surface area contributed by atoms with Gasteiger partial charge in [0.1, 0.15) is 0 Å². The number of ether oxygens (including phenoxy) is 1. The number of rotatable bonds is 5. The lowest BCUT2D eigenvalue weighted by Crippen LogP contribution is -2.28. The molecule has 94 valence electrons. The molecule has 3 heteroatoms. The van der Waals surface area contributed by atoms with E-state index in [0.717, 1.165) is 24.3 Å². The van der Waals surface area contributed by atoms with E-state index in [1.165, 1.54) is 32.4 Å². The van der Waals surface area contributed by atoms with Crippen molar-refractivity contribution >= 4 is 0 Å². The largest absolute Gasteiger partial charge is 0.494 e. The molecule has 2 rings (SSSR count). The summed E-state index contributed by atoms with van der Waals surface area (Å²) >= 11 is 0.